The number of benzene rings is 1. The summed E-state index contributed by atoms with van der Waals surface area (Å²) in [5.41, 5.74) is 1.04. The summed E-state index contributed by atoms with van der Waals surface area (Å²) in [5, 5.41) is 0. The quantitative estimate of drug-likeness (QED) is 0.840. The zero-order chi connectivity index (χ0) is 14.0. The average molecular weight is 263 g/mol. The van der Waals surface area contributed by atoms with E-state index < -0.39 is 0 Å². The molecule has 1 aliphatic rings. The molecule has 0 bridgehead atoms. The first-order valence-corrected chi connectivity index (χ1v) is 6.59. The van der Waals surface area contributed by atoms with Gasteiger partial charge in [0.1, 0.15) is 17.3 Å². The molecule has 1 aromatic rings. The van der Waals surface area contributed by atoms with E-state index in [1.807, 2.05) is 25.1 Å². The standard InChI is InChI=1S/C15H21NO3/c1-10-11(2)16(6-5-15(10)17)12-7-13(18-3)9-14(8-12)19-4/h7-11H,5-6H2,1-4H3. The molecule has 2 unspecified atom stereocenters. The van der Waals surface area contributed by atoms with Gasteiger partial charge in [-0.3, -0.25) is 4.79 Å². The van der Waals surface area contributed by atoms with Crippen LogP contribution in [0.15, 0.2) is 18.2 Å². The molecule has 1 fully saturated rings. The minimum absolute atomic E-state index is 0.0611. The number of hydrogen-bond donors (Lipinski definition) is 0. The third-order valence-corrected chi connectivity index (χ3v) is 3.99. The van der Waals surface area contributed by atoms with Crippen LogP contribution in [0.25, 0.3) is 0 Å². The van der Waals surface area contributed by atoms with Crippen molar-refractivity contribution in [2.75, 3.05) is 25.7 Å². The van der Waals surface area contributed by atoms with Crippen molar-refractivity contribution in [2.24, 2.45) is 5.92 Å². The van der Waals surface area contributed by atoms with Crippen molar-refractivity contribution in [2.45, 2.75) is 26.3 Å². The molecule has 2 rings (SSSR count). The van der Waals surface area contributed by atoms with E-state index in [9.17, 15) is 4.79 Å². The van der Waals surface area contributed by atoms with Crippen molar-refractivity contribution in [1.82, 2.24) is 0 Å². The second kappa shape index (κ2) is 5.51. The summed E-state index contributed by atoms with van der Waals surface area (Å²) in [6.07, 6.45) is 0.602. The Balaban J connectivity index is 2.32. The number of hydrogen-bond acceptors (Lipinski definition) is 4. The highest BCUT2D eigenvalue weighted by atomic mass is 16.5. The van der Waals surface area contributed by atoms with E-state index in [2.05, 4.69) is 11.8 Å². The Morgan fingerprint density at radius 1 is 1.11 bits per heavy atom. The molecule has 19 heavy (non-hydrogen) atoms. The summed E-state index contributed by atoms with van der Waals surface area (Å²) in [5.74, 6) is 1.95. The van der Waals surface area contributed by atoms with Gasteiger partial charge in [0.2, 0.25) is 0 Å². The monoisotopic (exact) mass is 263 g/mol. The third-order valence-electron chi connectivity index (χ3n) is 3.99. The van der Waals surface area contributed by atoms with Gasteiger partial charge in [0, 0.05) is 48.8 Å². The predicted molar refractivity (Wildman–Crippen MR) is 75.1 cm³/mol. The number of carbonyl (C=O) groups is 1. The van der Waals surface area contributed by atoms with Gasteiger partial charge in [-0.25, -0.2) is 0 Å². The average Bonchev–Trinajstić information content (AvgIpc) is 2.44. The lowest BCUT2D eigenvalue weighted by atomic mass is 9.90. The summed E-state index contributed by atoms with van der Waals surface area (Å²) >= 11 is 0. The van der Waals surface area contributed by atoms with Gasteiger partial charge in [0.25, 0.3) is 0 Å². The van der Waals surface area contributed by atoms with Crippen LogP contribution >= 0.6 is 0 Å². The second-order valence-electron chi connectivity index (χ2n) is 5.01. The maximum atomic E-state index is 11.8. The lowest BCUT2D eigenvalue weighted by molar-refractivity contribution is -0.123. The van der Waals surface area contributed by atoms with Crippen molar-refractivity contribution in [3.63, 3.8) is 0 Å². The first kappa shape index (κ1) is 13.7. The molecule has 0 amide bonds. The number of ketones is 1. The Morgan fingerprint density at radius 3 is 2.21 bits per heavy atom. The third kappa shape index (κ3) is 2.67. The van der Waals surface area contributed by atoms with Crippen LogP contribution in [0.2, 0.25) is 0 Å². The number of anilines is 1. The topological polar surface area (TPSA) is 38.8 Å². The lowest BCUT2D eigenvalue weighted by Gasteiger charge is -2.38. The number of ether oxygens (including phenoxy) is 2. The van der Waals surface area contributed by atoms with E-state index in [-0.39, 0.29) is 12.0 Å². The normalized spacial score (nSPS) is 23.4. The summed E-state index contributed by atoms with van der Waals surface area (Å²) in [6.45, 7) is 4.84. The van der Waals surface area contributed by atoms with Gasteiger partial charge in [-0.05, 0) is 6.92 Å². The van der Waals surface area contributed by atoms with Crippen molar-refractivity contribution >= 4 is 11.5 Å². The molecule has 0 aromatic heterocycles. The Hall–Kier alpha value is -1.71. The van der Waals surface area contributed by atoms with Crippen LogP contribution in [-0.4, -0.2) is 32.6 Å². The number of carbonyl (C=O) groups excluding carboxylic acids is 1. The maximum absolute atomic E-state index is 11.8. The van der Waals surface area contributed by atoms with Crippen LogP contribution in [0.5, 0.6) is 11.5 Å². The van der Waals surface area contributed by atoms with Gasteiger partial charge in [-0.15, -0.1) is 0 Å². The van der Waals surface area contributed by atoms with Gasteiger partial charge in [0.05, 0.1) is 14.2 Å². The molecule has 2 atom stereocenters. The predicted octanol–water partition coefficient (Wildman–Crippen LogP) is 2.51. The minimum atomic E-state index is 0.0611. The van der Waals surface area contributed by atoms with E-state index in [4.69, 9.17) is 9.47 Å². The van der Waals surface area contributed by atoms with Gasteiger partial charge in [-0.2, -0.15) is 0 Å². The van der Waals surface area contributed by atoms with Crippen LogP contribution in [-0.2, 0) is 4.79 Å². The molecule has 0 N–H and O–H groups in total. The molecule has 104 valence electrons. The largest absolute Gasteiger partial charge is 0.497 e. The molecule has 1 heterocycles. The highest BCUT2D eigenvalue weighted by Crippen LogP contribution is 2.32. The molecule has 0 saturated carbocycles. The molecule has 0 aliphatic carbocycles. The van der Waals surface area contributed by atoms with Crippen molar-refractivity contribution in [3.05, 3.63) is 18.2 Å². The first-order valence-electron chi connectivity index (χ1n) is 6.59. The summed E-state index contributed by atoms with van der Waals surface area (Å²) < 4.78 is 10.6. The molecule has 1 aromatic carbocycles. The Morgan fingerprint density at radius 2 is 1.68 bits per heavy atom. The van der Waals surface area contributed by atoms with Crippen LogP contribution in [0, 0.1) is 5.92 Å². The van der Waals surface area contributed by atoms with E-state index >= 15 is 0 Å². The van der Waals surface area contributed by atoms with Crippen molar-refractivity contribution in [3.8, 4) is 11.5 Å². The maximum Gasteiger partial charge on any atom is 0.139 e. The molecule has 1 saturated heterocycles. The lowest BCUT2D eigenvalue weighted by Crippen LogP contribution is -2.46. The Labute approximate surface area is 114 Å². The van der Waals surface area contributed by atoms with Gasteiger partial charge in [0.15, 0.2) is 0 Å². The zero-order valence-electron chi connectivity index (χ0n) is 12.0. The minimum Gasteiger partial charge on any atom is -0.497 e. The zero-order valence-corrected chi connectivity index (χ0v) is 12.0. The molecule has 4 nitrogen and oxygen atoms in total. The fourth-order valence-electron chi connectivity index (χ4n) is 2.52. The van der Waals surface area contributed by atoms with E-state index in [0.717, 1.165) is 23.7 Å². The number of piperidine rings is 1. The molecule has 0 spiro atoms. The molecular formula is C15H21NO3. The highest BCUT2D eigenvalue weighted by molar-refractivity contribution is 5.84. The molecule has 0 radical (unpaired) electrons. The SMILES string of the molecule is COc1cc(OC)cc(N2CCC(=O)C(C)C2C)c1. The fourth-order valence-corrected chi connectivity index (χ4v) is 2.52. The van der Waals surface area contributed by atoms with Crippen molar-refractivity contribution in [1.29, 1.82) is 0 Å². The van der Waals surface area contributed by atoms with Crippen molar-refractivity contribution < 1.29 is 14.3 Å². The number of rotatable bonds is 3. The molecular weight excluding hydrogens is 242 g/mol. The fraction of sp³-hybridized carbons (Fsp3) is 0.533. The second-order valence-corrected chi connectivity index (χ2v) is 5.01. The van der Waals surface area contributed by atoms with E-state index in [1.54, 1.807) is 14.2 Å². The highest BCUT2D eigenvalue weighted by Gasteiger charge is 2.31. The Kier molecular flexibility index (Phi) is 3.98. The van der Waals surface area contributed by atoms with Gasteiger partial charge < -0.3 is 14.4 Å². The molecule has 1 aliphatic heterocycles. The first-order chi connectivity index (χ1) is 9.06. The van der Waals surface area contributed by atoms with Gasteiger partial charge >= 0.3 is 0 Å². The van der Waals surface area contributed by atoms with E-state index in [0.29, 0.717) is 12.2 Å². The smallest absolute Gasteiger partial charge is 0.139 e. The van der Waals surface area contributed by atoms with Crippen LogP contribution < -0.4 is 14.4 Å². The van der Waals surface area contributed by atoms with Crippen LogP contribution in [0.4, 0.5) is 5.69 Å². The Bertz CT molecular complexity index is 450. The van der Waals surface area contributed by atoms with Gasteiger partial charge in [-0.1, -0.05) is 6.92 Å². The van der Waals surface area contributed by atoms with E-state index in [1.165, 1.54) is 0 Å². The van der Waals surface area contributed by atoms with Crippen LogP contribution in [0.3, 0.4) is 0 Å². The summed E-state index contributed by atoms with van der Waals surface area (Å²) in [7, 11) is 3.29. The number of Topliss-reactive ketones (excluding diaryl/α,β-unsaturated/α-hetero) is 1. The summed E-state index contributed by atoms with van der Waals surface area (Å²) in [6, 6.07) is 6.02. The summed E-state index contributed by atoms with van der Waals surface area (Å²) in [4.78, 5) is 14.0. The number of methoxy groups -OCH3 is 2. The van der Waals surface area contributed by atoms with Crippen LogP contribution in [0.1, 0.15) is 20.3 Å². The number of nitrogens with zero attached hydrogens (tertiary/aromatic N) is 1. The molecule has 4 heteroatoms.